The van der Waals surface area contributed by atoms with E-state index in [0.717, 1.165) is 44.5 Å². The molecule has 4 rings (SSSR count). The van der Waals surface area contributed by atoms with E-state index in [2.05, 4.69) is 34.5 Å². The van der Waals surface area contributed by atoms with Crippen LogP contribution < -0.4 is 15.6 Å². The van der Waals surface area contributed by atoms with Crippen molar-refractivity contribution in [1.29, 1.82) is 0 Å². The molecule has 3 aromatic rings. The fourth-order valence-electron chi connectivity index (χ4n) is 4.15. The van der Waals surface area contributed by atoms with E-state index in [1.54, 1.807) is 28.9 Å². The van der Waals surface area contributed by atoms with Crippen LogP contribution in [0.25, 0.3) is 0 Å². The van der Waals surface area contributed by atoms with Gasteiger partial charge in [0.2, 0.25) is 5.91 Å². The number of pyridine rings is 1. The number of hydrogen-bond acceptors (Lipinski definition) is 5. The van der Waals surface area contributed by atoms with E-state index in [1.807, 2.05) is 29.1 Å². The van der Waals surface area contributed by atoms with Gasteiger partial charge in [0.25, 0.3) is 5.56 Å². The van der Waals surface area contributed by atoms with Gasteiger partial charge in [-0.25, -0.2) is 0 Å². The highest BCUT2D eigenvalue weighted by Crippen LogP contribution is 2.15. The molecule has 0 bridgehead atoms. The Morgan fingerprint density at radius 1 is 1.09 bits per heavy atom. The number of thiophene rings is 1. The number of aromatic nitrogens is 1. The van der Waals surface area contributed by atoms with Gasteiger partial charge in [-0.2, -0.15) is 11.3 Å². The minimum Gasteiger partial charge on any atom is -0.489 e. The van der Waals surface area contributed by atoms with Gasteiger partial charge < -0.3 is 14.6 Å². The highest BCUT2D eigenvalue weighted by Gasteiger charge is 2.19. The Hall–Kier alpha value is -2.90. The first kappa shape index (κ1) is 23.3. The molecule has 1 fully saturated rings. The van der Waals surface area contributed by atoms with Crippen LogP contribution in [0.15, 0.2) is 64.2 Å². The van der Waals surface area contributed by atoms with Crippen LogP contribution in [0.2, 0.25) is 0 Å². The molecule has 0 saturated carbocycles. The standard InChI is InChI=1S/C26H31N3O3S/c1-20(30)27-24-7-11-28(12-8-24)17-22-4-2-21(3-5-22)6-13-29-14-9-25(16-26(29)31)32-18-23-10-15-33-19-23/h2-5,9-10,14-16,19,24H,6-8,11-13,17-18H2,1H3,(H,27,30). The average Bonchev–Trinajstić information content (AvgIpc) is 3.33. The van der Waals surface area contributed by atoms with E-state index in [0.29, 0.717) is 24.9 Å². The van der Waals surface area contributed by atoms with Gasteiger partial charge in [0.15, 0.2) is 0 Å². The van der Waals surface area contributed by atoms with Gasteiger partial charge in [-0.05, 0) is 58.8 Å². The van der Waals surface area contributed by atoms with Crippen molar-refractivity contribution >= 4 is 17.2 Å². The molecule has 2 aromatic heterocycles. The summed E-state index contributed by atoms with van der Waals surface area (Å²) in [5.74, 6) is 0.664. The molecule has 3 heterocycles. The second-order valence-corrected chi connectivity index (χ2v) is 9.41. The Kier molecular flexibility index (Phi) is 7.96. The number of rotatable bonds is 9. The Morgan fingerprint density at radius 2 is 1.85 bits per heavy atom. The third-order valence-electron chi connectivity index (χ3n) is 6.02. The lowest BCUT2D eigenvalue weighted by Crippen LogP contribution is -2.43. The first-order chi connectivity index (χ1) is 16.0. The predicted molar refractivity (Wildman–Crippen MR) is 132 cm³/mol. The number of hydrogen-bond donors (Lipinski definition) is 1. The van der Waals surface area contributed by atoms with E-state index in [9.17, 15) is 9.59 Å². The van der Waals surface area contributed by atoms with Gasteiger partial charge in [-0.15, -0.1) is 0 Å². The largest absolute Gasteiger partial charge is 0.489 e. The maximum atomic E-state index is 12.4. The molecule has 0 aliphatic carbocycles. The summed E-state index contributed by atoms with van der Waals surface area (Å²) in [5.41, 5.74) is 3.58. The van der Waals surface area contributed by atoms with Crippen LogP contribution >= 0.6 is 11.3 Å². The highest BCUT2D eigenvalue weighted by atomic mass is 32.1. The van der Waals surface area contributed by atoms with E-state index in [-0.39, 0.29) is 11.5 Å². The molecule has 1 saturated heterocycles. The monoisotopic (exact) mass is 465 g/mol. The molecule has 7 heteroatoms. The number of nitrogens with one attached hydrogen (secondary N) is 1. The number of nitrogens with zero attached hydrogens (tertiary/aromatic N) is 2. The van der Waals surface area contributed by atoms with Gasteiger partial charge in [0.1, 0.15) is 12.4 Å². The minimum atomic E-state index is -0.0443. The number of ether oxygens (including phenoxy) is 1. The molecule has 0 spiro atoms. The minimum absolute atomic E-state index is 0.0443. The summed E-state index contributed by atoms with van der Waals surface area (Å²) in [5, 5.41) is 7.08. The summed E-state index contributed by atoms with van der Waals surface area (Å²) in [6.07, 6.45) is 4.62. The fourth-order valence-corrected chi connectivity index (χ4v) is 4.80. The van der Waals surface area contributed by atoms with Gasteiger partial charge in [-0.3, -0.25) is 14.5 Å². The van der Waals surface area contributed by atoms with Gasteiger partial charge in [0, 0.05) is 51.4 Å². The average molecular weight is 466 g/mol. The van der Waals surface area contributed by atoms with Crippen molar-refractivity contribution < 1.29 is 9.53 Å². The molecule has 0 radical (unpaired) electrons. The molecule has 1 N–H and O–H groups in total. The quantitative estimate of drug-likeness (QED) is 0.522. The topological polar surface area (TPSA) is 63.6 Å². The molecule has 174 valence electrons. The molecule has 1 aliphatic heterocycles. The lowest BCUT2D eigenvalue weighted by molar-refractivity contribution is -0.119. The Labute approximate surface area is 198 Å². The summed E-state index contributed by atoms with van der Waals surface area (Å²) < 4.78 is 7.44. The van der Waals surface area contributed by atoms with Gasteiger partial charge >= 0.3 is 0 Å². The van der Waals surface area contributed by atoms with E-state index in [1.165, 1.54) is 11.1 Å². The maximum Gasteiger partial charge on any atom is 0.254 e. The van der Waals surface area contributed by atoms with Crippen LogP contribution in [0.4, 0.5) is 0 Å². The Balaban J connectivity index is 1.23. The van der Waals surface area contributed by atoms with Crippen molar-refractivity contribution in [3.63, 3.8) is 0 Å². The summed E-state index contributed by atoms with van der Waals surface area (Å²) in [7, 11) is 0. The first-order valence-electron chi connectivity index (χ1n) is 11.5. The Bertz CT molecular complexity index is 1080. The van der Waals surface area contributed by atoms with Crippen LogP contribution in [0.1, 0.15) is 36.5 Å². The van der Waals surface area contributed by atoms with Gasteiger partial charge in [0.05, 0.1) is 0 Å². The lowest BCUT2D eigenvalue weighted by atomic mass is 10.0. The van der Waals surface area contributed by atoms with Crippen molar-refractivity contribution in [2.24, 2.45) is 0 Å². The number of amides is 1. The zero-order valence-electron chi connectivity index (χ0n) is 19.0. The second kappa shape index (κ2) is 11.3. The van der Waals surface area contributed by atoms with Crippen molar-refractivity contribution in [3.05, 3.63) is 86.5 Å². The van der Waals surface area contributed by atoms with Crippen molar-refractivity contribution in [2.45, 2.75) is 51.9 Å². The molecule has 6 nitrogen and oxygen atoms in total. The molecule has 0 atom stereocenters. The smallest absolute Gasteiger partial charge is 0.254 e. The normalized spacial score (nSPS) is 14.8. The van der Waals surface area contributed by atoms with Crippen LogP contribution in [-0.2, 0) is 30.9 Å². The maximum absolute atomic E-state index is 12.4. The summed E-state index contributed by atoms with van der Waals surface area (Å²) in [4.78, 5) is 26.1. The van der Waals surface area contributed by atoms with Crippen LogP contribution in [0.5, 0.6) is 5.75 Å². The van der Waals surface area contributed by atoms with Crippen LogP contribution in [0.3, 0.4) is 0 Å². The van der Waals surface area contributed by atoms with E-state index in [4.69, 9.17) is 4.74 Å². The van der Waals surface area contributed by atoms with Crippen molar-refractivity contribution in [2.75, 3.05) is 13.1 Å². The number of piperidine rings is 1. The summed E-state index contributed by atoms with van der Waals surface area (Å²) in [6.45, 7) is 5.64. The summed E-state index contributed by atoms with van der Waals surface area (Å²) >= 11 is 1.64. The molecule has 33 heavy (non-hydrogen) atoms. The second-order valence-electron chi connectivity index (χ2n) is 8.63. The van der Waals surface area contributed by atoms with Crippen molar-refractivity contribution in [3.8, 4) is 5.75 Å². The summed E-state index contributed by atoms with van der Waals surface area (Å²) in [6, 6.07) is 14.4. The lowest BCUT2D eigenvalue weighted by Gasteiger charge is -2.32. The zero-order valence-corrected chi connectivity index (χ0v) is 19.9. The van der Waals surface area contributed by atoms with Crippen molar-refractivity contribution in [1.82, 2.24) is 14.8 Å². The van der Waals surface area contributed by atoms with Crippen LogP contribution in [0, 0.1) is 0 Å². The molecular weight excluding hydrogens is 434 g/mol. The third kappa shape index (κ3) is 7.04. The number of carbonyl (C=O) groups excluding carboxylic acids is 1. The zero-order chi connectivity index (χ0) is 23.0. The SMILES string of the molecule is CC(=O)NC1CCN(Cc2ccc(CCn3ccc(OCc4ccsc4)cc3=O)cc2)CC1. The number of aryl methyl sites for hydroxylation is 2. The van der Waals surface area contributed by atoms with E-state index >= 15 is 0 Å². The molecule has 1 aliphatic rings. The Morgan fingerprint density at radius 3 is 2.52 bits per heavy atom. The number of carbonyl (C=O) groups is 1. The molecule has 1 amide bonds. The molecule has 1 aromatic carbocycles. The molecular formula is C26H31N3O3S. The predicted octanol–water partition coefficient (Wildman–Crippen LogP) is 3.83. The number of benzene rings is 1. The number of likely N-dealkylation sites (tertiary alicyclic amines) is 1. The first-order valence-corrected chi connectivity index (χ1v) is 12.4. The van der Waals surface area contributed by atoms with Crippen LogP contribution in [-0.4, -0.2) is 34.5 Å². The van der Waals surface area contributed by atoms with Gasteiger partial charge in [-0.1, -0.05) is 24.3 Å². The fraction of sp³-hybridized carbons (Fsp3) is 0.385. The highest BCUT2D eigenvalue weighted by molar-refractivity contribution is 7.07. The third-order valence-corrected chi connectivity index (χ3v) is 6.75. The molecule has 0 unspecified atom stereocenters. The van der Waals surface area contributed by atoms with E-state index < -0.39 is 0 Å².